The van der Waals surface area contributed by atoms with Gasteiger partial charge in [-0.05, 0) is 44.4 Å². The molecular formula is C16H30N2O. The molecule has 0 bridgehead atoms. The van der Waals surface area contributed by atoms with Gasteiger partial charge in [-0.25, -0.2) is 0 Å². The van der Waals surface area contributed by atoms with Gasteiger partial charge in [0.15, 0.2) is 0 Å². The second-order valence-electron chi connectivity index (χ2n) is 6.57. The van der Waals surface area contributed by atoms with Crippen LogP contribution in [0.5, 0.6) is 0 Å². The van der Waals surface area contributed by atoms with Gasteiger partial charge in [0.1, 0.15) is 0 Å². The van der Waals surface area contributed by atoms with Crippen LogP contribution in [-0.4, -0.2) is 29.9 Å². The lowest BCUT2D eigenvalue weighted by atomic mass is 9.81. The Hall–Kier alpha value is -0.570. The van der Waals surface area contributed by atoms with E-state index >= 15 is 0 Å². The van der Waals surface area contributed by atoms with E-state index in [4.69, 9.17) is 5.73 Å². The van der Waals surface area contributed by atoms with Crippen molar-refractivity contribution in [3.05, 3.63) is 0 Å². The van der Waals surface area contributed by atoms with Gasteiger partial charge in [-0.15, -0.1) is 0 Å². The van der Waals surface area contributed by atoms with Crippen molar-refractivity contribution in [1.82, 2.24) is 4.90 Å². The molecule has 110 valence electrons. The summed E-state index contributed by atoms with van der Waals surface area (Å²) in [5, 5.41) is 0. The van der Waals surface area contributed by atoms with Crippen LogP contribution in [0.1, 0.15) is 64.7 Å². The molecule has 0 aliphatic heterocycles. The van der Waals surface area contributed by atoms with Gasteiger partial charge >= 0.3 is 0 Å². The maximum Gasteiger partial charge on any atom is 0.225 e. The van der Waals surface area contributed by atoms with E-state index in [1.54, 1.807) is 0 Å². The molecule has 0 aromatic heterocycles. The number of rotatable bonds is 4. The van der Waals surface area contributed by atoms with Crippen molar-refractivity contribution < 1.29 is 4.79 Å². The minimum Gasteiger partial charge on any atom is -0.338 e. The summed E-state index contributed by atoms with van der Waals surface area (Å²) in [7, 11) is 0. The average Bonchev–Trinajstić information content (AvgIpc) is 2.46. The Morgan fingerprint density at radius 1 is 1.05 bits per heavy atom. The number of nitrogens with zero attached hydrogens (tertiary/aromatic N) is 1. The highest BCUT2D eigenvalue weighted by Crippen LogP contribution is 2.31. The number of carbonyl (C=O) groups excluding carboxylic acids is 1. The molecule has 2 rings (SSSR count). The van der Waals surface area contributed by atoms with Crippen LogP contribution in [0, 0.1) is 11.8 Å². The fraction of sp³-hybridized carbons (Fsp3) is 0.938. The van der Waals surface area contributed by atoms with E-state index in [2.05, 4.69) is 11.8 Å². The van der Waals surface area contributed by atoms with Crippen molar-refractivity contribution in [2.75, 3.05) is 13.1 Å². The van der Waals surface area contributed by atoms with E-state index in [9.17, 15) is 4.79 Å². The first-order valence-corrected chi connectivity index (χ1v) is 8.23. The molecule has 2 saturated carbocycles. The zero-order valence-electron chi connectivity index (χ0n) is 12.4. The predicted molar refractivity (Wildman–Crippen MR) is 78.8 cm³/mol. The smallest absolute Gasteiger partial charge is 0.225 e. The number of nitrogens with two attached hydrogens (primary N) is 1. The minimum atomic E-state index is 0.282. The van der Waals surface area contributed by atoms with Crippen molar-refractivity contribution in [2.24, 2.45) is 17.6 Å². The molecule has 2 aliphatic carbocycles. The van der Waals surface area contributed by atoms with Crippen molar-refractivity contribution in [3.8, 4) is 0 Å². The van der Waals surface area contributed by atoms with E-state index in [1.807, 2.05) is 0 Å². The summed E-state index contributed by atoms with van der Waals surface area (Å²) in [5.41, 5.74) is 5.73. The third kappa shape index (κ3) is 3.95. The zero-order valence-corrected chi connectivity index (χ0v) is 12.4. The molecule has 1 amide bonds. The summed E-state index contributed by atoms with van der Waals surface area (Å²) < 4.78 is 0. The van der Waals surface area contributed by atoms with Crippen molar-refractivity contribution in [1.29, 1.82) is 0 Å². The molecule has 19 heavy (non-hydrogen) atoms. The van der Waals surface area contributed by atoms with Crippen LogP contribution in [0.15, 0.2) is 0 Å². The number of carbonyl (C=O) groups is 1. The molecule has 0 spiro atoms. The molecule has 0 saturated heterocycles. The lowest BCUT2D eigenvalue weighted by Gasteiger charge is -2.38. The normalized spacial score (nSPS) is 29.2. The first-order chi connectivity index (χ1) is 9.22. The molecule has 2 aliphatic rings. The van der Waals surface area contributed by atoms with Gasteiger partial charge in [-0.2, -0.15) is 0 Å². The Labute approximate surface area is 117 Å². The number of amides is 1. The topological polar surface area (TPSA) is 46.3 Å². The lowest BCUT2D eigenvalue weighted by Crippen LogP contribution is -2.47. The Kier molecular flexibility index (Phi) is 5.68. The molecule has 2 N–H and O–H groups in total. The summed E-state index contributed by atoms with van der Waals surface area (Å²) in [5.74, 6) is 1.50. The zero-order chi connectivity index (χ0) is 13.7. The molecule has 3 heteroatoms. The van der Waals surface area contributed by atoms with Crippen molar-refractivity contribution >= 4 is 5.91 Å². The summed E-state index contributed by atoms with van der Waals surface area (Å²) in [6, 6.07) is 0.476. The Balaban J connectivity index is 1.95. The molecule has 0 aromatic carbocycles. The summed E-state index contributed by atoms with van der Waals surface area (Å²) in [6.07, 6.45) is 10.9. The lowest BCUT2D eigenvalue weighted by molar-refractivity contribution is -0.139. The fourth-order valence-electron chi connectivity index (χ4n) is 3.75. The molecule has 0 unspecified atom stereocenters. The van der Waals surface area contributed by atoms with Crippen LogP contribution in [-0.2, 0) is 4.79 Å². The molecular weight excluding hydrogens is 236 g/mol. The average molecular weight is 266 g/mol. The van der Waals surface area contributed by atoms with Crippen LogP contribution >= 0.6 is 0 Å². The van der Waals surface area contributed by atoms with Crippen LogP contribution in [0.25, 0.3) is 0 Å². The third-order valence-electron chi connectivity index (χ3n) is 5.03. The number of hydrogen-bond donors (Lipinski definition) is 1. The van der Waals surface area contributed by atoms with Gasteiger partial charge in [0.2, 0.25) is 5.91 Å². The van der Waals surface area contributed by atoms with E-state index in [1.165, 1.54) is 44.9 Å². The largest absolute Gasteiger partial charge is 0.338 e. The molecule has 0 radical (unpaired) electrons. The SMILES string of the molecule is CC1CCC(C(=O)N(CCN)C2CCCCC2)CC1. The molecule has 3 nitrogen and oxygen atoms in total. The summed E-state index contributed by atoms with van der Waals surface area (Å²) in [6.45, 7) is 3.67. The van der Waals surface area contributed by atoms with Crippen LogP contribution < -0.4 is 5.73 Å². The standard InChI is InChI=1S/C16H30N2O/c1-13-7-9-14(10-8-13)16(19)18(12-11-17)15-5-3-2-4-6-15/h13-15H,2-12,17H2,1H3. The van der Waals surface area contributed by atoms with Crippen molar-refractivity contribution in [2.45, 2.75) is 70.8 Å². The van der Waals surface area contributed by atoms with Crippen LogP contribution in [0.2, 0.25) is 0 Å². The fourth-order valence-corrected chi connectivity index (χ4v) is 3.75. The molecule has 0 aromatic rings. The molecule has 2 fully saturated rings. The van der Waals surface area contributed by atoms with E-state index in [-0.39, 0.29) is 5.92 Å². The van der Waals surface area contributed by atoms with E-state index in [0.29, 0.717) is 18.5 Å². The quantitative estimate of drug-likeness (QED) is 0.850. The van der Waals surface area contributed by atoms with Gasteiger partial charge < -0.3 is 10.6 Å². The molecule has 0 atom stereocenters. The van der Waals surface area contributed by atoms with Gasteiger partial charge in [-0.1, -0.05) is 26.2 Å². The van der Waals surface area contributed by atoms with E-state index < -0.39 is 0 Å². The van der Waals surface area contributed by atoms with Gasteiger partial charge in [0.05, 0.1) is 0 Å². The minimum absolute atomic E-state index is 0.282. The second-order valence-corrected chi connectivity index (χ2v) is 6.57. The van der Waals surface area contributed by atoms with Crippen molar-refractivity contribution in [3.63, 3.8) is 0 Å². The highest BCUT2D eigenvalue weighted by Gasteiger charge is 2.31. The van der Waals surface area contributed by atoms with E-state index in [0.717, 1.165) is 25.3 Å². The third-order valence-corrected chi connectivity index (χ3v) is 5.03. The highest BCUT2D eigenvalue weighted by molar-refractivity contribution is 5.79. The highest BCUT2D eigenvalue weighted by atomic mass is 16.2. The monoisotopic (exact) mass is 266 g/mol. The number of hydrogen-bond acceptors (Lipinski definition) is 2. The Bertz CT molecular complexity index is 278. The van der Waals surface area contributed by atoms with Crippen LogP contribution in [0.3, 0.4) is 0 Å². The maximum absolute atomic E-state index is 12.8. The predicted octanol–water partition coefficient (Wildman–Crippen LogP) is 2.93. The first kappa shape index (κ1) is 14.8. The maximum atomic E-state index is 12.8. The van der Waals surface area contributed by atoms with Gasteiger partial charge in [0.25, 0.3) is 0 Å². The summed E-state index contributed by atoms with van der Waals surface area (Å²) in [4.78, 5) is 14.9. The van der Waals surface area contributed by atoms with Crippen LogP contribution in [0.4, 0.5) is 0 Å². The second kappa shape index (κ2) is 7.28. The van der Waals surface area contributed by atoms with Gasteiger partial charge in [-0.3, -0.25) is 4.79 Å². The van der Waals surface area contributed by atoms with Gasteiger partial charge in [0, 0.05) is 25.0 Å². The first-order valence-electron chi connectivity index (χ1n) is 8.23. The Morgan fingerprint density at radius 2 is 1.68 bits per heavy atom. The Morgan fingerprint density at radius 3 is 2.26 bits per heavy atom. The summed E-state index contributed by atoms with van der Waals surface area (Å²) >= 11 is 0. The molecule has 0 heterocycles.